The van der Waals surface area contributed by atoms with Gasteiger partial charge in [-0.15, -0.1) is 0 Å². The smallest absolute Gasteiger partial charge is 0.241 e. The summed E-state index contributed by atoms with van der Waals surface area (Å²) < 4.78 is 7.21. The molecule has 0 saturated carbocycles. The zero-order valence-electron chi connectivity index (χ0n) is 11.3. The molecular weight excluding hydrogens is 258 g/mol. The molecule has 1 aliphatic rings. The molecule has 0 bridgehead atoms. The summed E-state index contributed by atoms with van der Waals surface area (Å²) in [6, 6.07) is 0.265. The minimum Gasteiger partial charge on any atom is -0.377 e. The lowest BCUT2D eigenvalue weighted by Gasteiger charge is -2.35. The first kappa shape index (κ1) is 12.8. The summed E-state index contributed by atoms with van der Waals surface area (Å²) in [5.41, 5.74) is 5.81. The average molecular weight is 275 g/mol. The first-order valence-corrected chi connectivity index (χ1v) is 6.62. The molecule has 1 saturated heterocycles. The van der Waals surface area contributed by atoms with E-state index in [9.17, 15) is 0 Å². The Morgan fingerprint density at radius 3 is 2.95 bits per heavy atom. The first-order chi connectivity index (χ1) is 9.78. The van der Waals surface area contributed by atoms with Crippen LogP contribution in [-0.2, 0) is 4.74 Å². The van der Waals surface area contributed by atoms with Crippen molar-refractivity contribution in [3.8, 4) is 5.95 Å². The summed E-state index contributed by atoms with van der Waals surface area (Å²) in [4.78, 5) is 19.0. The fraction of sp³-hybridized carbons (Fsp3) is 0.500. The Labute approximate surface area is 116 Å². The third kappa shape index (κ3) is 2.42. The highest BCUT2D eigenvalue weighted by Crippen LogP contribution is 2.18. The number of hydrogen-bond acceptors (Lipinski definition) is 7. The number of rotatable bonds is 3. The van der Waals surface area contributed by atoms with Crippen LogP contribution in [0.5, 0.6) is 0 Å². The van der Waals surface area contributed by atoms with Crippen molar-refractivity contribution in [3.05, 3.63) is 18.7 Å². The first-order valence-electron chi connectivity index (χ1n) is 6.62. The number of nitrogens with two attached hydrogens (primary N) is 1. The van der Waals surface area contributed by atoms with Gasteiger partial charge in [0.05, 0.1) is 19.3 Å². The maximum atomic E-state index is 5.81. The van der Waals surface area contributed by atoms with Crippen molar-refractivity contribution in [1.29, 1.82) is 0 Å². The highest BCUT2D eigenvalue weighted by molar-refractivity contribution is 5.39. The third-order valence-corrected chi connectivity index (χ3v) is 3.32. The number of nitrogens with zero attached hydrogens (tertiary/aromatic N) is 6. The van der Waals surface area contributed by atoms with Gasteiger partial charge in [0.2, 0.25) is 17.8 Å². The summed E-state index contributed by atoms with van der Waals surface area (Å²) in [6.45, 7) is 4.23. The van der Waals surface area contributed by atoms with Crippen molar-refractivity contribution in [2.75, 3.05) is 30.4 Å². The van der Waals surface area contributed by atoms with E-state index in [2.05, 4.69) is 31.8 Å². The predicted molar refractivity (Wildman–Crippen MR) is 73.6 cm³/mol. The van der Waals surface area contributed by atoms with Gasteiger partial charge in [0, 0.05) is 18.9 Å². The normalized spacial score (nSPS) is 19.2. The minimum atomic E-state index is 0.208. The molecule has 106 valence electrons. The molecule has 0 aromatic carbocycles. The minimum absolute atomic E-state index is 0.208. The molecule has 0 amide bonds. The van der Waals surface area contributed by atoms with E-state index in [4.69, 9.17) is 10.5 Å². The van der Waals surface area contributed by atoms with E-state index in [0.717, 1.165) is 13.0 Å². The fourth-order valence-electron chi connectivity index (χ4n) is 2.25. The Bertz CT molecular complexity index is 571. The standard InChI is InChI=1S/C12H17N7O/c1-2-9-7-20-6-5-19(9)12-16-10(13)15-11(17-12)18-4-3-14-8-18/h3-4,8-9H,2,5-7H2,1H3,(H2,13,15,16,17). The second-order valence-corrected chi connectivity index (χ2v) is 4.59. The zero-order chi connectivity index (χ0) is 13.9. The monoisotopic (exact) mass is 275 g/mol. The van der Waals surface area contributed by atoms with Crippen molar-refractivity contribution >= 4 is 11.9 Å². The zero-order valence-corrected chi connectivity index (χ0v) is 11.3. The van der Waals surface area contributed by atoms with Crippen LogP contribution in [0.4, 0.5) is 11.9 Å². The van der Waals surface area contributed by atoms with Crippen LogP contribution in [-0.4, -0.2) is 50.3 Å². The van der Waals surface area contributed by atoms with Crippen LogP contribution in [0, 0.1) is 0 Å². The lowest BCUT2D eigenvalue weighted by molar-refractivity contribution is 0.0921. The Hall–Kier alpha value is -2.22. The van der Waals surface area contributed by atoms with Crippen LogP contribution in [0.25, 0.3) is 5.95 Å². The van der Waals surface area contributed by atoms with E-state index in [0.29, 0.717) is 25.1 Å². The number of hydrogen-bond donors (Lipinski definition) is 1. The highest BCUT2D eigenvalue weighted by Gasteiger charge is 2.24. The van der Waals surface area contributed by atoms with E-state index in [1.807, 2.05) is 0 Å². The van der Waals surface area contributed by atoms with E-state index >= 15 is 0 Å². The van der Waals surface area contributed by atoms with Gasteiger partial charge in [0.15, 0.2) is 0 Å². The number of morpholine rings is 1. The van der Waals surface area contributed by atoms with Gasteiger partial charge in [-0.05, 0) is 6.42 Å². The van der Waals surface area contributed by atoms with Gasteiger partial charge in [-0.2, -0.15) is 15.0 Å². The molecule has 0 radical (unpaired) electrons. The van der Waals surface area contributed by atoms with Crippen LogP contribution in [0.15, 0.2) is 18.7 Å². The second-order valence-electron chi connectivity index (χ2n) is 4.59. The Morgan fingerprint density at radius 1 is 1.35 bits per heavy atom. The van der Waals surface area contributed by atoms with Gasteiger partial charge in [-0.3, -0.25) is 4.57 Å². The van der Waals surface area contributed by atoms with Gasteiger partial charge >= 0.3 is 0 Å². The number of anilines is 2. The molecule has 2 aromatic rings. The Kier molecular flexibility index (Phi) is 3.46. The highest BCUT2D eigenvalue weighted by atomic mass is 16.5. The number of nitrogen functional groups attached to an aromatic ring is 1. The molecule has 8 nitrogen and oxygen atoms in total. The molecule has 1 atom stereocenters. The largest absolute Gasteiger partial charge is 0.377 e. The van der Waals surface area contributed by atoms with Gasteiger partial charge in [-0.1, -0.05) is 6.92 Å². The number of ether oxygens (including phenoxy) is 1. The predicted octanol–water partition coefficient (Wildman–Crippen LogP) is 0.255. The van der Waals surface area contributed by atoms with Crippen LogP contribution in [0.2, 0.25) is 0 Å². The maximum absolute atomic E-state index is 5.81. The summed E-state index contributed by atoms with van der Waals surface area (Å²) in [5.74, 6) is 1.28. The van der Waals surface area contributed by atoms with Crippen LogP contribution >= 0.6 is 0 Å². The summed E-state index contributed by atoms with van der Waals surface area (Å²) >= 11 is 0. The number of imidazole rings is 1. The van der Waals surface area contributed by atoms with E-state index < -0.39 is 0 Å². The van der Waals surface area contributed by atoms with Crippen molar-refractivity contribution in [2.45, 2.75) is 19.4 Å². The Morgan fingerprint density at radius 2 is 2.20 bits per heavy atom. The second kappa shape index (κ2) is 5.41. The summed E-state index contributed by atoms with van der Waals surface area (Å²) in [7, 11) is 0. The molecule has 1 unspecified atom stereocenters. The van der Waals surface area contributed by atoms with Crippen molar-refractivity contribution in [2.24, 2.45) is 0 Å². The van der Waals surface area contributed by atoms with Crippen molar-refractivity contribution in [1.82, 2.24) is 24.5 Å². The fourth-order valence-corrected chi connectivity index (χ4v) is 2.25. The Balaban J connectivity index is 1.96. The van der Waals surface area contributed by atoms with Gasteiger partial charge in [0.25, 0.3) is 0 Å². The van der Waals surface area contributed by atoms with Crippen LogP contribution < -0.4 is 10.6 Å². The molecule has 3 heterocycles. The molecule has 2 aromatic heterocycles. The molecule has 20 heavy (non-hydrogen) atoms. The lowest BCUT2D eigenvalue weighted by atomic mass is 10.2. The molecule has 2 N–H and O–H groups in total. The van der Waals surface area contributed by atoms with Crippen LogP contribution in [0.1, 0.15) is 13.3 Å². The van der Waals surface area contributed by atoms with E-state index in [1.165, 1.54) is 0 Å². The molecule has 1 aliphatic heterocycles. The molecule has 8 heteroatoms. The third-order valence-electron chi connectivity index (χ3n) is 3.32. The molecule has 0 spiro atoms. The lowest BCUT2D eigenvalue weighted by Crippen LogP contribution is -2.46. The number of aromatic nitrogens is 5. The van der Waals surface area contributed by atoms with Gasteiger partial charge < -0.3 is 15.4 Å². The van der Waals surface area contributed by atoms with Gasteiger partial charge in [-0.25, -0.2) is 4.98 Å². The van der Waals surface area contributed by atoms with E-state index in [1.54, 1.807) is 23.3 Å². The van der Waals surface area contributed by atoms with Crippen LogP contribution in [0.3, 0.4) is 0 Å². The van der Waals surface area contributed by atoms with Crippen molar-refractivity contribution in [3.63, 3.8) is 0 Å². The van der Waals surface area contributed by atoms with Crippen molar-refractivity contribution < 1.29 is 4.74 Å². The topological polar surface area (TPSA) is 95.0 Å². The average Bonchev–Trinajstić information content (AvgIpc) is 3.01. The maximum Gasteiger partial charge on any atom is 0.241 e. The van der Waals surface area contributed by atoms with E-state index in [-0.39, 0.29) is 12.0 Å². The SMILES string of the molecule is CCC1COCCN1c1nc(N)nc(-n2ccnc2)n1. The molecule has 0 aliphatic carbocycles. The molecule has 1 fully saturated rings. The summed E-state index contributed by atoms with van der Waals surface area (Å²) in [5, 5.41) is 0. The molecular formula is C12H17N7O. The van der Waals surface area contributed by atoms with Gasteiger partial charge in [0.1, 0.15) is 6.33 Å². The summed E-state index contributed by atoms with van der Waals surface area (Å²) in [6.07, 6.45) is 6.04. The molecule has 3 rings (SSSR count). The quantitative estimate of drug-likeness (QED) is 0.858.